The molecular formula is C18H28N2O3S. The second kappa shape index (κ2) is 7.66. The standard InChI is InChI=1S/C18H28N2O3S/c1-13(2)17(15-8-6-5-7-9-15)19-14(3)18(21)20(4)16-10-11-24(22,23)12-16/h5-9,13-14,16-17,19H,10-12H2,1-4H3/t14-,16-,17+/m0/s1. The molecular weight excluding hydrogens is 324 g/mol. The van der Waals surface area contributed by atoms with Gasteiger partial charge in [0.25, 0.3) is 0 Å². The van der Waals surface area contributed by atoms with Crippen LogP contribution in [0.2, 0.25) is 0 Å². The van der Waals surface area contributed by atoms with E-state index in [1.165, 1.54) is 0 Å². The summed E-state index contributed by atoms with van der Waals surface area (Å²) < 4.78 is 23.3. The van der Waals surface area contributed by atoms with Crippen molar-refractivity contribution in [2.45, 2.75) is 45.3 Å². The maximum absolute atomic E-state index is 12.7. The summed E-state index contributed by atoms with van der Waals surface area (Å²) >= 11 is 0. The Bertz CT molecular complexity index is 658. The third kappa shape index (κ3) is 4.57. The second-order valence-electron chi connectivity index (χ2n) is 7.03. The Morgan fingerprint density at radius 2 is 1.83 bits per heavy atom. The minimum atomic E-state index is -2.99. The first-order chi connectivity index (χ1) is 11.2. The fourth-order valence-corrected chi connectivity index (χ4v) is 5.02. The van der Waals surface area contributed by atoms with Gasteiger partial charge in [-0.25, -0.2) is 8.42 Å². The third-order valence-corrected chi connectivity index (χ3v) is 6.48. The number of nitrogens with one attached hydrogen (secondary N) is 1. The summed E-state index contributed by atoms with van der Waals surface area (Å²) in [4.78, 5) is 14.3. The molecule has 1 aliphatic rings. The van der Waals surface area contributed by atoms with E-state index in [1.54, 1.807) is 11.9 Å². The highest BCUT2D eigenvalue weighted by Crippen LogP contribution is 2.23. The van der Waals surface area contributed by atoms with E-state index in [9.17, 15) is 13.2 Å². The van der Waals surface area contributed by atoms with Crippen LogP contribution in [0.1, 0.15) is 38.8 Å². The molecule has 0 unspecified atom stereocenters. The van der Waals surface area contributed by atoms with Crippen LogP contribution in [-0.2, 0) is 14.6 Å². The van der Waals surface area contributed by atoms with Crippen LogP contribution in [0.5, 0.6) is 0 Å². The van der Waals surface area contributed by atoms with Gasteiger partial charge < -0.3 is 4.90 Å². The van der Waals surface area contributed by atoms with Crippen molar-refractivity contribution in [3.05, 3.63) is 35.9 Å². The monoisotopic (exact) mass is 352 g/mol. The van der Waals surface area contributed by atoms with Gasteiger partial charge in [-0.2, -0.15) is 0 Å². The summed E-state index contributed by atoms with van der Waals surface area (Å²) in [5.74, 6) is 0.530. The highest BCUT2D eigenvalue weighted by Gasteiger charge is 2.34. The van der Waals surface area contributed by atoms with Crippen LogP contribution >= 0.6 is 0 Å². The summed E-state index contributed by atoms with van der Waals surface area (Å²) in [6.45, 7) is 6.09. The van der Waals surface area contributed by atoms with Crippen LogP contribution in [0.15, 0.2) is 30.3 Å². The minimum Gasteiger partial charge on any atom is -0.340 e. The Kier molecular flexibility index (Phi) is 6.04. The fourth-order valence-electron chi connectivity index (χ4n) is 3.24. The van der Waals surface area contributed by atoms with Crippen molar-refractivity contribution in [1.82, 2.24) is 10.2 Å². The molecule has 1 heterocycles. The highest BCUT2D eigenvalue weighted by molar-refractivity contribution is 7.91. The Morgan fingerprint density at radius 3 is 2.33 bits per heavy atom. The van der Waals surface area contributed by atoms with E-state index >= 15 is 0 Å². The number of sulfone groups is 1. The van der Waals surface area contributed by atoms with Crippen LogP contribution in [0.4, 0.5) is 0 Å². The summed E-state index contributed by atoms with van der Waals surface area (Å²) in [5.41, 5.74) is 1.15. The average Bonchev–Trinajstić information content (AvgIpc) is 2.91. The van der Waals surface area contributed by atoms with Gasteiger partial charge in [0.15, 0.2) is 9.84 Å². The molecule has 1 aromatic carbocycles. The van der Waals surface area contributed by atoms with Crippen molar-refractivity contribution in [1.29, 1.82) is 0 Å². The lowest BCUT2D eigenvalue weighted by Gasteiger charge is -2.31. The lowest BCUT2D eigenvalue weighted by molar-refractivity contribution is -0.133. The van der Waals surface area contributed by atoms with Gasteiger partial charge in [-0.05, 0) is 24.8 Å². The quantitative estimate of drug-likeness (QED) is 0.850. The first-order valence-corrected chi connectivity index (χ1v) is 10.3. The summed E-state index contributed by atoms with van der Waals surface area (Å²) in [5, 5.41) is 3.42. The topological polar surface area (TPSA) is 66.5 Å². The Labute approximate surface area is 145 Å². The zero-order chi connectivity index (χ0) is 17.9. The summed E-state index contributed by atoms with van der Waals surface area (Å²) in [6, 6.07) is 9.58. The smallest absolute Gasteiger partial charge is 0.239 e. The third-order valence-electron chi connectivity index (χ3n) is 4.73. The number of likely N-dealkylation sites (N-methyl/N-ethyl adjacent to an activating group) is 1. The van der Waals surface area contributed by atoms with Gasteiger partial charge in [0.05, 0.1) is 17.5 Å². The molecule has 0 bridgehead atoms. The molecule has 5 nitrogen and oxygen atoms in total. The largest absolute Gasteiger partial charge is 0.340 e. The first kappa shape index (κ1) is 18.9. The lowest BCUT2D eigenvalue weighted by atomic mass is 9.95. The number of carbonyl (C=O) groups excluding carboxylic acids is 1. The van der Waals surface area contributed by atoms with E-state index in [1.807, 2.05) is 25.1 Å². The van der Waals surface area contributed by atoms with Crippen molar-refractivity contribution in [3.63, 3.8) is 0 Å². The van der Waals surface area contributed by atoms with Gasteiger partial charge in [0, 0.05) is 19.1 Å². The molecule has 1 saturated heterocycles. The van der Waals surface area contributed by atoms with Crippen molar-refractivity contribution >= 4 is 15.7 Å². The van der Waals surface area contributed by atoms with Gasteiger partial charge >= 0.3 is 0 Å². The predicted molar refractivity (Wildman–Crippen MR) is 96.4 cm³/mol. The molecule has 0 radical (unpaired) electrons. The molecule has 134 valence electrons. The number of rotatable bonds is 6. The van der Waals surface area contributed by atoms with Crippen LogP contribution < -0.4 is 5.32 Å². The lowest BCUT2D eigenvalue weighted by Crippen LogP contribution is -2.49. The van der Waals surface area contributed by atoms with Crippen LogP contribution in [0.3, 0.4) is 0 Å². The van der Waals surface area contributed by atoms with Gasteiger partial charge in [-0.15, -0.1) is 0 Å². The fraction of sp³-hybridized carbons (Fsp3) is 0.611. The average molecular weight is 353 g/mol. The van der Waals surface area contributed by atoms with E-state index in [-0.39, 0.29) is 35.5 Å². The molecule has 0 saturated carbocycles. The SMILES string of the molecule is CC(C)[C@@H](N[C@@H](C)C(=O)N(C)[C@H]1CCS(=O)(=O)C1)c1ccccc1. The van der Waals surface area contributed by atoms with Crippen LogP contribution in [0.25, 0.3) is 0 Å². The van der Waals surface area contributed by atoms with Crippen molar-refractivity contribution in [2.24, 2.45) is 5.92 Å². The zero-order valence-electron chi connectivity index (χ0n) is 14.9. The van der Waals surface area contributed by atoms with E-state index in [0.29, 0.717) is 12.3 Å². The Balaban J connectivity index is 2.04. The van der Waals surface area contributed by atoms with Crippen molar-refractivity contribution < 1.29 is 13.2 Å². The van der Waals surface area contributed by atoms with E-state index in [2.05, 4.69) is 31.3 Å². The van der Waals surface area contributed by atoms with Gasteiger partial charge in [0.2, 0.25) is 5.91 Å². The number of hydrogen-bond acceptors (Lipinski definition) is 4. The van der Waals surface area contributed by atoms with Crippen molar-refractivity contribution in [3.8, 4) is 0 Å². The van der Waals surface area contributed by atoms with Crippen molar-refractivity contribution in [2.75, 3.05) is 18.6 Å². The van der Waals surface area contributed by atoms with E-state index < -0.39 is 9.84 Å². The highest BCUT2D eigenvalue weighted by atomic mass is 32.2. The molecule has 6 heteroatoms. The zero-order valence-corrected chi connectivity index (χ0v) is 15.7. The molecule has 1 fully saturated rings. The molecule has 0 aromatic heterocycles. The first-order valence-electron chi connectivity index (χ1n) is 8.49. The molecule has 1 aromatic rings. The number of benzene rings is 1. The number of carbonyl (C=O) groups is 1. The van der Waals surface area contributed by atoms with Gasteiger partial charge in [0.1, 0.15) is 0 Å². The molecule has 1 amide bonds. The molecule has 1 aliphatic heterocycles. The van der Waals surface area contributed by atoms with Gasteiger partial charge in [-0.3, -0.25) is 10.1 Å². The normalized spacial score (nSPS) is 22.3. The second-order valence-corrected chi connectivity index (χ2v) is 9.26. The number of nitrogens with zero attached hydrogens (tertiary/aromatic N) is 1. The number of amides is 1. The number of hydrogen-bond donors (Lipinski definition) is 1. The summed E-state index contributed by atoms with van der Waals surface area (Å²) in [6.07, 6.45) is 0.531. The van der Waals surface area contributed by atoms with E-state index in [4.69, 9.17) is 0 Å². The van der Waals surface area contributed by atoms with Crippen LogP contribution in [0, 0.1) is 5.92 Å². The Morgan fingerprint density at radius 1 is 1.21 bits per heavy atom. The molecule has 3 atom stereocenters. The molecule has 1 N–H and O–H groups in total. The maximum Gasteiger partial charge on any atom is 0.239 e. The molecule has 24 heavy (non-hydrogen) atoms. The van der Waals surface area contributed by atoms with Gasteiger partial charge in [-0.1, -0.05) is 44.2 Å². The Hall–Kier alpha value is -1.40. The molecule has 0 spiro atoms. The summed E-state index contributed by atoms with van der Waals surface area (Å²) in [7, 11) is -1.29. The molecule has 0 aliphatic carbocycles. The minimum absolute atomic E-state index is 0.0568. The van der Waals surface area contributed by atoms with Crippen LogP contribution in [-0.4, -0.2) is 49.9 Å². The molecule has 2 rings (SSSR count). The van der Waals surface area contributed by atoms with E-state index in [0.717, 1.165) is 5.56 Å². The predicted octanol–water partition coefficient (Wildman–Crippen LogP) is 2.01. The maximum atomic E-state index is 12.7.